The van der Waals surface area contributed by atoms with Crippen LogP contribution in [0.5, 0.6) is 0 Å². The van der Waals surface area contributed by atoms with Crippen LogP contribution in [0, 0.1) is 13.8 Å². The summed E-state index contributed by atoms with van der Waals surface area (Å²) in [5, 5.41) is 5.60. The van der Waals surface area contributed by atoms with Gasteiger partial charge in [0.2, 0.25) is 15.9 Å². The number of anilines is 1. The van der Waals surface area contributed by atoms with Crippen LogP contribution >= 0.6 is 22.9 Å². The number of carbonyl (C=O) groups is 1. The third kappa shape index (κ3) is 4.76. The number of amides is 1. The Hall–Kier alpha value is -2.20. The minimum atomic E-state index is -3.70. The van der Waals surface area contributed by atoms with Gasteiger partial charge < -0.3 is 5.32 Å². The molecule has 0 atom stereocenters. The molecular formula is C22H25ClN4O3S2. The molecule has 4 rings (SSSR count). The van der Waals surface area contributed by atoms with E-state index in [1.165, 1.54) is 27.8 Å². The fourth-order valence-corrected chi connectivity index (χ4v) is 6.80. The number of hydrogen-bond donors (Lipinski definition) is 1. The Morgan fingerprint density at radius 2 is 1.81 bits per heavy atom. The molecule has 10 heteroatoms. The first-order chi connectivity index (χ1) is 15.3. The average molecular weight is 493 g/mol. The lowest BCUT2D eigenvalue weighted by Gasteiger charge is -2.26. The van der Waals surface area contributed by atoms with Crippen molar-refractivity contribution in [1.29, 1.82) is 0 Å². The predicted octanol–water partition coefficient (Wildman–Crippen LogP) is 4.56. The second-order valence-electron chi connectivity index (χ2n) is 7.91. The highest BCUT2D eigenvalue weighted by atomic mass is 35.5. The highest BCUT2D eigenvalue weighted by Crippen LogP contribution is 2.29. The van der Waals surface area contributed by atoms with E-state index in [4.69, 9.17) is 11.6 Å². The van der Waals surface area contributed by atoms with Crippen LogP contribution in [0.4, 0.5) is 5.69 Å². The van der Waals surface area contributed by atoms with Crippen molar-refractivity contribution in [3.63, 3.8) is 0 Å². The quantitative estimate of drug-likeness (QED) is 0.546. The van der Waals surface area contributed by atoms with Gasteiger partial charge in [0.15, 0.2) is 5.13 Å². The molecule has 0 bridgehead atoms. The van der Waals surface area contributed by atoms with E-state index in [-0.39, 0.29) is 22.2 Å². The van der Waals surface area contributed by atoms with Gasteiger partial charge in [-0.25, -0.2) is 13.4 Å². The molecule has 1 saturated heterocycles. The smallest absolute Gasteiger partial charge is 0.244 e. The van der Waals surface area contributed by atoms with Gasteiger partial charge in [0.05, 0.1) is 17.1 Å². The zero-order chi connectivity index (χ0) is 22.9. The van der Waals surface area contributed by atoms with Gasteiger partial charge in [-0.05, 0) is 57.0 Å². The third-order valence-corrected chi connectivity index (χ3v) is 8.75. The summed E-state index contributed by atoms with van der Waals surface area (Å²) in [5.41, 5.74) is 3.21. The highest BCUT2D eigenvalue weighted by Gasteiger charge is 2.28. The van der Waals surface area contributed by atoms with Crippen molar-refractivity contribution in [1.82, 2.24) is 13.9 Å². The molecule has 1 N–H and O–H groups in total. The van der Waals surface area contributed by atoms with Gasteiger partial charge in [-0.2, -0.15) is 4.31 Å². The van der Waals surface area contributed by atoms with Crippen molar-refractivity contribution in [2.75, 3.05) is 18.4 Å². The number of rotatable bonds is 6. The number of hydrogen-bond acceptors (Lipinski definition) is 5. The van der Waals surface area contributed by atoms with E-state index >= 15 is 0 Å². The molecule has 0 saturated carbocycles. The van der Waals surface area contributed by atoms with Crippen LogP contribution in [0.15, 0.2) is 40.6 Å². The highest BCUT2D eigenvalue weighted by molar-refractivity contribution is 7.89. The molecule has 7 nitrogen and oxygen atoms in total. The van der Waals surface area contributed by atoms with Crippen molar-refractivity contribution in [3.8, 4) is 5.13 Å². The molecule has 0 radical (unpaired) electrons. The number of benzene rings is 1. The molecule has 1 fully saturated rings. The van der Waals surface area contributed by atoms with Crippen LogP contribution in [0.1, 0.15) is 36.3 Å². The van der Waals surface area contributed by atoms with Gasteiger partial charge in [0.25, 0.3) is 0 Å². The number of piperidine rings is 1. The molecule has 1 amide bonds. The lowest BCUT2D eigenvalue weighted by molar-refractivity contribution is -0.115. The van der Waals surface area contributed by atoms with Crippen LogP contribution in [-0.4, -0.2) is 41.3 Å². The average Bonchev–Trinajstić information content (AvgIpc) is 3.35. The lowest BCUT2D eigenvalue weighted by atomic mass is 10.2. The first-order valence-electron chi connectivity index (χ1n) is 10.4. The second-order valence-corrected chi connectivity index (χ2v) is 11.1. The number of aromatic nitrogens is 2. The van der Waals surface area contributed by atoms with Crippen molar-refractivity contribution in [3.05, 3.63) is 57.8 Å². The van der Waals surface area contributed by atoms with Gasteiger partial charge in [0.1, 0.15) is 4.90 Å². The number of sulfonamides is 1. The number of carbonyl (C=O) groups excluding carboxylic acids is 1. The lowest BCUT2D eigenvalue weighted by Crippen LogP contribution is -2.35. The van der Waals surface area contributed by atoms with Gasteiger partial charge in [-0.15, -0.1) is 11.3 Å². The number of nitrogens with one attached hydrogen (secondary N) is 1. The molecule has 0 spiro atoms. The van der Waals surface area contributed by atoms with Gasteiger partial charge >= 0.3 is 0 Å². The fraction of sp³-hybridized carbons (Fsp3) is 0.364. The summed E-state index contributed by atoms with van der Waals surface area (Å²) in [6, 6.07) is 8.60. The first-order valence-corrected chi connectivity index (χ1v) is 13.1. The van der Waals surface area contributed by atoms with E-state index in [2.05, 4.69) is 10.3 Å². The molecule has 2 aromatic heterocycles. The maximum atomic E-state index is 13.0. The number of halogens is 1. The summed E-state index contributed by atoms with van der Waals surface area (Å²) in [6.07, 6.45) is 2.79. The monoisotopic (exact) mass is 492 g/mol. The minimum absolute atomic E-state index is 0.0216. The molecule has 3 aromatic rings. The summed E-state index contributed by atoms with van der Waals surface area (Å²) >= 11 is 7.69. The fourth-order valence-electron chi connectivity index (χ4n) is 3.84. The van der Waals surface area contributed by atoms with E-state index in [1.54, 1.807) is 6.07 Å². The Labute approximate surface area is 197 Å². The summed E-state index contributed by atoms with van der Waals surface area (Å²) in [4.78, 5) is 17.2. The van der Waals surface area contributed by atoms with Crippen molar-refractivity contribution >= 4 is 44.6 Å². The van der Waals surface area contributed by atoms with Crippen LogP contribution in [0.2, 0.25) is 5.02 Å². The molecule has 0 unspecified atom stereocenters. The molecule has 1 aromatic carbocycles. The molecule has 170 valence electrons. The molecule has 1 aliphatic heterocycles. The molecule has 32 heavy (non-hydrogen) atoms. The molecule has 1 aliphatic rings. The van der Waals surface area contributed by atoms with Crippen LogP contribution in [-0.2, 0) is 21.2 Å². The third-order valence-electron chi connectivity index (χ3n) is 5.49. The van der Waals surface area contributed by atoms with Crippen LogP contribution in [0.3, 0.4) is 0 Å². The maximum absolute atomic E-state index is 13.0. The first kappa shape index (κ1) is 23.0. The number of aryl methyl sites for hydroxylation is 2. The Morgan fingerprint density at radius 3 is 2.50 bits per heavy atom. The van der Waals surface area contributed by atoms with E-state index in [0.717, 1.165) is 35.8 Å². The number of nitrogens with zero attached hydrogens (tertiary/aromatic N) is 3. The molecule has 0 aliphatic carbocycles. The van der Waals surface area contributed by atoms with Crippen molar-refractivity contribution in [2.24, 2.45) is 0 Å². The maximum Gasteiger partial charge on any atom is 0.244 e. The Kier molecular flexibility index (Phi) is 6.71. The standard InChI is InChI=1S/C22H25ClN4O3S2/c1-15-6-7-16(2)27(15)22-25-18(14-31-22)13-21(28)24-17-8-9-19(23)20(12-17)32(29,30)26-10-4-3-5-11-26/h6-9,12,14H,3-5,10-11,13H2,1-2H3,(H,24,28). The Morgan fingerprint density at radius 1 is 1.12 bits per heavy atom. The minimum Gasteiger partial charge on any atom is -0.326 e. The molecule has 3 heterocycles. The normalized spacial score (nSPS) is 15.1. The zero-order valence-corrected chi connectivity index (χ0v) is 20.4. The Balaban J connectivity index is 1.48. The zero-order valence-electron chi connectivity index (χ0n) is 18.0. The van der Waals surface area contributed by atoms with Gasteiger partial charge in [0, 0.05) is 35.5 Å². The summed E-state index contributed by atoms with van der Waals surface area (Å²) in [5.74, 6) is -0.272. The second kappa shape index (κ2) is 9.35. The van der Waals surface area contributed by atoms with Crippen molar-refractivity contribution < 1.29 is 13.2 Å². The van der Waals surface area contributed by atoms with Crippen LogP contribution < -0.4 is 5.32 Å². The topological polar surface area (TPSA) is 84.3 Å². The summed E-state index contributed by atoms with van der Waals surface area (Å²) in [7, 11) is -3.70. The van der Waals surface area contributed by atoms with Gasteiger partial charge in [-0.3, -0.25) is 9.36 Å². The van der Waals surface area contributed by atoms with E-state index < -0.39 is 10.0 Å². The predicted molar refractivity (Wildman–Crippen MR) is 127 cm³/mol. The van der Waals surface area contributed by atoms with E-state index in [1.807, 2.05) is 35.9 Å². The summed E-state index contributed by atoms with van der Waals surface area (Å²) in [6.45, 7) is 5.00. The molecular weight excluding hydrogens is 468 g/mol. The van der Waals surface area contributed by atoms with Gasteiger partial charge in [-0.1, -0.05) is 18.0 Å². The Bertz CT molecular complexity index is 1220. The SMILES string of the molecule is Cc1ccc(C)n1-c1nc(CC(=O)Nc2ccc(Cl)c(S(=O)(=O)N3CCCCC3)c2)cs1. The van der Waals surface area contributed by atoms with Crippen LogP contribution in [0.25, 0.3) is 5.13 Å². The van der Waals surface area contributed by atoms with E-state index in [9.17, 15) is 13.2 Å². The van der Waals surface area contributed by atoms with E-state index in [0.29, 0.717) is 24.5 Å². The summed E-state index contributed by atoms with van der Waals surface area (Å²) < 4.78 is 29.6. The van der Waals surface area contributed by atoms with Crippen molar-refractivity contribution in [2.45, 2.75) is 44.4 Å². The largest absolute Gasteiger partial charge is 0.326 e. The number of thiazole rings is 1.